The van der Waals surface area contributed by atoms with Crippen LogP contribution in [0.1, 0.15) is 19.4 Å². The van der Waals surface area contributed by atoms with Gasteiger partial charge in [0.25, 0.3) is 5.91 Å². The minimum Gasteiger partial charge on any atom is -0.490 e. The van der Waals surface area contributed by atoms with E-state index in [4.69, 9.17) is 25.8 Å². The third-order valence-corrected chi connectivity index (χ3v) is 3.86. The van der Waals surface area contributed by atoms with Crippen molar-refractivity contribution in [2.45, 2.75) is 26.9 Å². The summed E-state index contributed by atoms with van der Waals surface area (Å²) in [6.45, 7) is 5.32. The molecule has 2 aromatic carbocycles. The number of amides is 1. The molecule has 0 spiro atoms. The molecule has 0 aliphatic carbocycles. The molecule has 0 aliphatic rings. The van der Waals surface area contributed by atoms with Crippen molar-refractivity contribution in [1.29, 1.82) is 0 Å². The van der Waals surface area contributed by atoms with Crippen LogP contribution in [0.5, 0.6) is 11.5 Å². The largest absolute Gasteiger partial charge is 0.490 e. The molecule has 0 saturated carbocycles. The van der Waals surface area contributed by atoms with Gasteiger partial charge in [0, 0.05) is 10.7 Å². The van der Waals surface area contributed by atoms with Crippen LogP contribution in [0, 0.1) is 6.92 Å². The summed E-state index contributed by atoms with van der Waals surface area (Å²) < 4.78 is 16.0. The molecule has 6 nitrogen and oxygen atoms in total. The molecule has 0 aliphatic heterocycles. The van der Waals surface area contributed by atoms with Gasteiger partial charge in [-0.2, -0.15) is 0 Å². The lowest BCUT2D eigenvalue weighted by molar-refractivity contribution is -0.155. The number of halogens is 1. The predicted octanol–water partition coefficient (Wildman–Crippen LogP) is 4.00. The highest BCUT2D eigenvalue weighted by atomic mass is 35.5. The molecule has 1 N–H and O–H groups in total. The Morgan fingerprint density at radius 1 is 1.11 bits per heavy atom. The second-order valence-electron chi connectivity index (χ2n) is 5.75. The number of nitrogens with one attached hydrogen (secondary N) is 1. The zero-order chi connectivity index (χ0) is 19.8. The van der Waals surface area contributed by atoms with Crippen LogP contribution in [0.4, 0.5) is 5.69 Å². The van der Waals surface area contributed by atoms with E-state index in [0.29, 0.717) is 28.8 Å². The molecule has 144 valence electrons. The van der Waals surface area contributed by atoms with Gasteiger partial charge in [-0.1, -0.05) is 29.8 Å². The number of hydrogen-bond acceptors (Lipinski definition) is 5. The molecule has 0 radical (unpaired) electrons. The highest BCUT2D eigenvalue weighted by Crippen LogP contribution is 2.26. The van der Waals surface area contributed by atoms with Gasteiger partial charge in [0.15, 0.2) is 24.2 Å². The molecule has 0 heterocycles. The van der Waals surface area contributed by atoms with Crippen molar-refractivity contribution >= 4 is 29.2 Å². The molecule has 2 aromatic rings. The van der Waals surface area contributed by atoms with Gasteiger partial charge in [-0.3, -0.25) is 4.79 Å². The predicted molar refractivity (Wildman–Crippen MR) is 103 cm³/mol. The minimum atomic E-state index is -0.985. The molecule has 0 fully saturated rings. The maximum absolute atomic E-state index is 12.2. The van der Waals surface area contributed by atoms with E-state index in [2.05, 4.69) is 5.32 Å². The first-order valence-corrected chi connectivity index (χ1v) is 8.89. The summed E-state index contributed by atoms with van der Waals surface area (Å²) in [6.07, 6.45) is -0.985. The number of para-hydroxylation sites is 2. The van der Waals surface area contributed by atoms with E-state index in [1.165, 1.54) is 6.92 Å². The molecule has 1 atom stereocenters. The molecule has 0 aromatic heterocycles. The molecular weight excluding hydrogens is 370 g/mol. The molecule has 0 saturated heterocycles. The van der Waals surface area contributed by atoms with Crippen LogP contribution in [0.15, 0.2) is 42.5 Å². The van der Waals surface area contributed by atoms with E-state index in [1.54, 1.807) is 42.5 Å². The third kappa shape index (κ3) is 6.18. The molecule has 2 rings (SSSR count). The maximum atomic E-state index is 12.2. The average Bonchev–Trinajstić information content (AvgIpc) is 2.64. The number of carbonyl (C=O) groups excluding carboxylic acids is 2. The van der Waals surface area contributed by atoms with Gasteiger partial charge in [-0.25, -0.2) is 4.79 Å². The van der Waals surface area contributed by atoms with Crippen LogP contribution < -0.4 is 14.8 Å². The third-order valence-electron chi connectivity index (χ3n) is 3.63. The van der Waals surface area contributed by atoms with Gasteiger partial charge in [0.1, 0.15) is 0 Å². The van der Waals surface area contributed by atoms with Gasteiger partial charge in [-0.15, -0.1) is 0 Å². The zero-order valence-corrected chi connectivity index (χ0v) is 16.2. The normalized spacial score (nSPS) is 11.4. The van der Waals surface area contributed by atoms with E-state index in [9.17, 15) is 9.59 Å². The smallest absolute Gasteiger partial charge is 0.344 e. The van der Waals surface area contributed by atoms with Crippen molar-refractivity contribution in [2.24, 2.45) is 0 Å². The SMILES string of the molecule is CCOc1ccccc1OCC(=O)O[C@H](C)C(=O)Nc1cc(Cl)ccc1C. The lowest BCUT2D eigenvalue weighted by atomic mass is 10.2. The van der Waals surface area contributed by atoms with E-state index in [1.807, 2.05) is 13.8 Å². The highest BCUT2D eigenvalue weighted by molar-refractivity contribution is 6.31. The summed E-state index contributed by atoms with van der Waals surface area (Å²) in [5.41, 5.74) is 1.42. The number of anilines is 1. The standard InChI is InChI=1S/C20H22ClNO5/c1-4-25-17-7-5-6-8-18(17)26-12-19(23)27-14(3)20(24)22-16-11-15(21)10-9-13(16)2/h5-11,14H,4,12H2,1-3H3,(H,22,24)/t14-/m1/s1. The molecule has 1 amide bonds. The van der Waals surface area contributed by atoms with E-state index in [0.717, 1.165) is 5.56 Å². The van der Waals surface area contributed by atoms with Crippen molar-refractivity contribution in [3.8, 4) is 11.5 Å². The van der Waals surface area contributed by atoms with Gasteiger partial charge in [0.2, 0.25) is 0 Å². The Morgan fingerprint density at radius 3 is 2.44 bits per heavy atom. The Bertz CT molecular complexity index is 809. The quantitative estimate of drug-likeness (QED) is 0.688. The van der Waals surface area contributed by atoms with E-state index < -0.39 is 18.0 Å². The van der Waals surface area contributed by atoms with Crippen molar-refractivity contribution < 1.29 is 23.8 Å². The van der Waals surface area contributed by atoms with Gasteiger partial charge >= 0.3 is 5.97 Å². The number of carbonyl (C=O) groups is 2. The molecule has 27 heavy (non-hydrogen) atoms. The Hall–Kier alpha value is -2.73. The monoisotopic (exact) mass is 391 g/mol. The van der Waals surface area contributed by atoms with Crippen LogP contribution in [-0.4, -0.2) is 31.2 Å². The van der Waals surface area contributed by atoms with Gasteiger partial charge in [0.05, 0.1) is 6.61 Å². The van der Waals surface area contributed by atoms with Crippen LogP contribution in [0.2, 0.25) is 5.02 Å². The summed E-state index contributed by atoms with van der Waals surface area (Å²) >= 11 is 5.94. The van der Waals surface area contributed by atoms with Crippen molar-refractivity contribution in [2.75, 3.05) is 18.5 Å². The lowest BCUT2D eigenvalue weighted by Crippen LogP contribution is -2.31. The first-order chi connectivity index (χ1) is 12.9. The topological polar surface area (TPSA) is 73.9 Å². The highest BCUT2D eigenvalue weighted by Gasteiger charge is 2.19. The van der Waals surface area contributed by atoms with Crippen molar-refractivity contribution in [3.05, 3.63) is 53.1 Å². The summed E-state index contributed by atoms with van der Waals surface area (Å²) in [7, 11) is 0. The van der Waals surface area contributed by atoms with Crippen LogP contribution >= 0.6 is 11.6 Å². The van der Waals surface area contributed by atoms with Crippen LogP contribution in [-0.2, 0) is 14.3 Å². The lowest BCUT2D eigenvalue weighted by Gasteiger charge is -2.16. The fourth-order valence-corrected chi connectivity index (χ4v) is 2.40. The number of aryl methyl sites for hydroxylation is 1. The van der Waals surface area contributed by atoms with Crippen LogP contribution in [0.3, 0.4) is 0 Å². The van der Waals surface area contributed by atoms with E-state index >= 15 is 0 Å². The Labute approximate surface area is 163 Å². The molecule has 0 bridgehead atoms. The van der Waals surface area contributed by atoms with Crippen LogP contribution in [0.25, 0.3) is 0 Å². The Morgan fingerprint density at radius 2 is 1.78 bits per heavy atom. The first kappa shape index (κ1) is 20.6. The average molecular weight is 392 g/mol. The second-order valence-corrected chi connectivity index (χ2v) is 6.19. The maximum Gasteiger partial charge on any atom is 0.344 e. The summed E-state index contributed by atoms with van der Waals surface area (Å²) in [5, 5.41) is 3.20. The van der Waals surface area contributed by atoms with Gasteiger partial charge in [-0.05, 0) is 50.6 Å². The van der Waals surface area contributed by atoms with Gasteiger partial charge < -0.3 is 19.5 Å². The summed E-state index contributed by atoms with van der Waals surface area (Å²) in [6, 6.07) is 12.2. The number of rotatable bonds is 8. The van der Waals surface area contributed by atoms with E-state index in [-0.39, 0.29) is 6.61 Å². The zero-order valence-electron chi connectivity index (χ0n) is 15.5. The second kappa shape index (κ2) is 9.83. The number of benzene rings is 2. The fraction of sp³-hybridized carbons (Fsp3) is 0.300. The fourth-order valence-electron chi connectivity index (χ4n) is 2.23. The van der Waals surface area contributed by atoms with Crippen molar-refractivity contribution in [1.82, 2.24) is 0 Å². The minimum absolute atomic E-state index is 0.335. The summed E-state index contributed by atoms with van der Waals surface area (Å²) in [5.74, 6) is -0.145. The number of hydrogen-bond donors (Lipinski definition) is 1. The molecular formula is C20H22ClNO5. The Balaban J connectivity index is 1.88. The number of esters is 1. The summed E-state index contributed by atoms with van der Waals surface area (Å²) in [4.78, 5) is 24.2. The molecule has 0 unspecified atom stereocenters. The molecule has 7 heteroatoms. The Kier molecular flexibility index (Phi) is 7.49. The first-order valence-electron chi connectivity index (χ1n) is 8.51. The number of ether oxygens (including phenoxy) is 3. The van der Waals surface area contributed by atoms with Crippen molar-refractivity contribution in [3.63, 3.8) is 0 Å².